The quantitative estimate of drug-likeness (QED) is 0.655. The second-order valence-corrected chi connectivity index (χ2v) is 9.24. The van der Waals surface area contributed by atoms with Crippen molar-refractivity contribution in [2.45, 2.75) is 37.9 Å². The summed E-state index contributed by atoms with van der Waals surface area (Å²) in [6.07, 6.45) is 2.81. The number of anilines is 1. The molecule has 0 unspecified atom stereocenters. The Morgan fingerprint density at radius 2 is 1.81 bits per heavy atom. The van der Waals surface area contributed by atoms with Gasteiger partial charge in [-0.2, -0.15) is 19.6 Å². The fraction of sp³-hybridized carbons (Fsp3) is 0.353. The minimum Gasteiger partial charge on any atom is -0.347 e. The van der Waals surface area contributed by atoms with Crippen molar-refractivity contribution in [2.24, 2.45) is 0 Å². The van der Waals surface area contributed by atoms with E-state index in [1.54, 1.807) is 10.7 Å². The van der Waals surface area contributed by atoms with Crippen LogP contribution in [0.5, 0.6) is 0 Å². The van der Waals surface area contributed by atoms with E-state index >= 15 is 0 Å². The second kappa shape index (κ2) is 6.96. The fourth-order valence-corrected chi connectivity index (χ4v) is 3.77. The van der Waals surface area contributed by atoms with Crippen LogP contribution in [0, 0.1) is 0 Å². The van der Waals surface area contributed by atoms with Gasteiger partial charge < -0.3 is 5.32 Å². The second-order valence-electron chi connectivity index (χ2n) is 6.48. The standard InChI is InChI=1S/C17H20BrN5O2S/c1-10(2)13-9-19-23-15(13)21-17(26(4,24)25)22-16(23)20-11(3)12-7-5-6-8-14(12)18/h5-11H,1-4H3,(H,20,21,22)/t11-/m0/s1. The van der Waals surface area contributed by atoms with Gasteiger partial charge in [-0.3, -0.25) is 0 Å². The number of nitrogens with zero attached hydrogens (tertiary/aromatic N) is 4. The van der Waals surface area contributed by atoms with Crippen molar-refractivity contribution < 1.29 is 8.42 Å². The maximum atomic E-state index is 12.1. The van der Waals surface area contributed by atoms with Crippen LogP contribution in [0.4, 0.5) is 5.95 Å². The van der Waals surface area contributed by atoms with E-state index < -0.39 is 9.84 Å². The van der Waals surface area contributed by atoms with E-state index in [9.17, 15) is 8.42 Å². The van der Waals surface area contributed by atoms with Gasteiger partial charge in [0.2, 0.25) is 15.8 Å². The van der Waals surface area contributed by atoms with Gasteiger partial charge in [-0.15, -0.1) is 0 Å². The zero-order valence-electron chi connectivity index (χ0n) is 14.9. The van der Waals surface area contributed by atoms with E-state index in [4.69, 9.17) is 0 Å². The first-order valence-electron chi connectivity index (χ1n) is 8.15. The molecule has 1 aromatic carbocycles. The van der Waals surface area contributed by atoms with E-state index in [1.807, 2.05) is 45.0 Å². The summed E-state index contributed by atoms with van der Waals surface area (Å²) in [6.45, 7) is 5.99. The number of aromatic nitrogens is 4. The summed E-state index contributed by atoms with van der Waals surface area (Å²) in [7, 11) is -3.56. The lowest BCUT2D eigenvalue weighted by Crippen LogP contribution is -2.16. The molecule has 7 nitrogen and oxygen atoms in total. The summed E-state index contributed by atoms with van der Waals surface area (Å²) in [5, 5.41) is 7.40. The number of rotatable bonds is 5. The van der Waals surface area contributed by atoms with Crippen LogP contribution in [0.15, 0.2) is 40.1 Å². The van der Waals surface area contributed by atoms with Crippen molar-refractivity contribution in [1.82, 2.24) is 19.6 Å². The molecule has 0 aliphatic carbocycles. The van der Waals surface area contributed by atoms with E-state index in [1.165, 1.54) is 0 Å². The molecule has 3 aromatic rings. The third-order valence-electron chi connectivity index (χ3n) is 4.05. The average molecular weight is 438 g/mol. The van der Waals surface area contributed by atoms with Crippen molar-refractivity contribution in [1.29, 1.82) is 0 Å². The van der Waals surface area contributed by atoms with Crippen molar-refractivity contribution in [3.63, 3.8) is 0 Å². The molecule has 0 saturated carbocycles. The predicted molar refractivity (Wildman–Crippen MR) is 104 cm³/mol. The Morgan fingerprint density at radius 3 is 2.42 bits per heavy atom. The molecule has 1 atom stereocenters. The van der Waals surface area contributed by atoms with Crippen LogP contribution >= 0.6 is 15.9 Å². The number of hydrogen-bond acceptors (Lipinski definition) is 6. The molecule has 2 aromatic heterocycles. The predicted octanol–water partition coefficient (Wildman–Crippen LogP) is 3.59. The molecule has 9 heteroatoms. The van der Waals surface area contributed by atoms with Crippen LogP contribution in [0.1, 0.15) is 43.9 Å². The van der Waals surface area contributed by atoms with Crippen LogP contribution in [-0.4, -0.2) is 34.3 Å². The third kappa shape index (κ3) is 3.59. The lowest BCUT2D eigenvalue weighted by molar-refractivity contribution is 0.591. The van der Waals surface area contributed by atoms with Gasteiger partial charge in [-0.25, -0.2) is 8.42 Å². The minimum atomic E-state index is -3.56. The molecule has 26 heavy (non-hydrogen) atoms. The smallest absolute Gasteiger partial charge is 0.252 e. The number of halogens is 1. The molecular weight excluding hydrogens is 418 g/mol. The molecule has 0 fully saturated rings. The van der Waals surface area contributed by atoms with Gasteiger partial charge in [-0.05, 0) is 24.5 Å². The molecular formula is C17H20BrN5O2S. The van der Waals surface area contributed by atoms with Crippen molar-refractivity contribution in [3.8, 4) is 0 Å². The normalized spacial score (nSPS) is 13.3. The van der Waals surface area contributed by atoms with Gasteiger partial charge in [0.25, 0.3) is 5.16 Å². The van der Waals surface area contributed by atoms with Crippen molar-refractivity contribution in [2.75, 3.05) is 11.6 Å². The van der Waals surface area contributed by atoms with Gasteiger partial charge in [0.05, 0.1) is 12.2 Å². The van der Waals surface area contributed by atoms with Gasteiger partial charge in [-0.1, -0.05) is 48.0 Å². The first-order chi connectivity index (χ1) is 12.2. The number of benzene rings is 1. The zero-order valence-corrected chi connectivity index (χ0v) is 17.3. The fourth-order valence-electron chi connectivity index (χ4n) is 2.64. The summed E-state index contributed by atoms with van der Waals surface area (Å²) in [4.78, 5) is 8.45. The van der Waals surface area contributed by atoms with Crippen molar-refractivity contribution >= 4 is 37.4 Å². The monoisotopic (exact) mass is 437 g/mol. The Morgan fingerprint density at radius 1 is 1.12 bits per heavy atom. The number of fused-ring (bicyclic) bond motifs is 1. The average Bonchev–Trinajstić information content (AvgIpc) is 2.98. The molecule has 0 radical (unpaired) electrons. The van der Waals surface area contributed by atoms with E-state index in [0.717, 1.165) is 21.9 Å². The first-order valence-corrected chi connectivity index (χ1v) is 10.8. The summed E-state index contributed by atoms with van der Waals surface area (Å²) < 4.78 is 26.6. The van der Waals surface area contributed by atoms with E-state index in [-0.39, 0.29) is 17.1 Å². The largest absolute Gasteiger partial charge is 0.347 e. The lowest BCUT2D eigenvalue weighted by Gasteiger charge is -2.17. The van der Waals surface area contributed by atoms with Crippen LogP contribution < -0.4 is 5.32 Å². The summed E-state index contributed by atoms with van der Waals surface area (Å²) in [6, 6.07) is 7.70. The van der Waals surface area contributed by atoms with Crippen LogP contribution in [0.25, 0.3) is 5.65 Å². The van der Waals surface area contributed by atoms with E-state index in [0.29, 0.717) is 11.6 Å². The molecule has 2 heterocycles. The molecule has 0 saturated heterocycles. The number of hydrogen-bond donors (Lipinski definition) is 1. The lowest BCUT2D eigenvalue weighted by atomic mass is 10.1. The van der Waals surface area contributed by atoms with Gasteiger partial charge in [0.1, 0.15) is 0 Å². The summed E-state index contributed by atoms with van der Waals surface area (Å²) in [5.41, 5.74) is 2.39. The van der Waals surface area contributed by atoms with Crippen LogP contribution in [-0.2, 0) is 9.84 Å². The minimum absolute atomic E-state index is 0.122. The van der Waals surface area contributed by atoms with Gasteiger partial charge in [0, 0.05) is 16.3 Å². The van der Waals surface area contributed by atoms with Crippen molar-refractivity contribution in [3.05, 3.63) is 46.1 Å². The maximum Gasteiger partial charge on any atom is 0.252 e. The highest BCUT2D eigenvalue weighted by atomic mass is 79.9. The third-order valence-corrected chi connectivity index (χ3v) is 5.61. The van der Waals surface area contributed by atoms with E-state index in [2.05, 4.69) is 36.3 Å². The Kier molecular flexibility index (Phi) is 5.03. The van der Waals surface area contributed by atoms with Crippen LogP contribution in [0.3, 0.4) is 0 Å². The summed E-state index contributed by atoms with van der Waals surface area (Å²) in [5.74, 6) is 0.494. The Bertz CT molecular complexity index is 1060. The number of nitrogens with one attached hydrogen (secondary N) is 1. The molecule has 1 N–H and O–H groups in total. The molecule has 0 bridgehead atoms. The van der Waals surface area contributed by atoms with Gasteiger partial charge >= 0.3 is 0 Å². The molecule has 0 spiro atoms. The highest BCUT2D eigenvalue weighted by molar-refractivity contribution is 9.10. The molecule has 3 rings (SSSR count). The zero-order chi connectivity index (χ0) is 19.1. The number of sulfone groups is 1. The van der Waals surface area contributed by atoms with Gasteiger partial charge in [0.15, 0.2) is 5.65 Å². The Balaban J connectivity index is 2.14. The molecule has 0 aliphatic heterocycles. The molecule has 0 aliphatic rings. The SMILES string of the molecule is CC(C)c1cnn2c(N[C@@H](C)c3ccccc3Br)nc(S(C)(=O)=O)nc12. The van der Waals surface area contributed by atoms with Crippen LogP contribution in [0.2, 0.25) is 0 Å². The maximum absolute atomic E-state index is 12.1. The Labute approximate surface area is 160 Å². The Hall–Kier alpha value is -2.00. The molecule has 0 amide bonds. The highest BCUT2D eigenvalue weighted by Gasteiger charge is 2.21. The summed E-state index contributed by atoms with van der Waals surface area (Å²) >= 11 is 3.54. The molecule has 138 valence electrons. The first kappa shape index (κ1) is 18.8. The highest BCUT2D eigenvalue weighted by Crippen LogP contribution is 2.27. The topological polar surface area (TPSA) is 89.2 Å².